The normalized spacial score (nSPS) is 16.0. The van der Waals surface area contributed by atoms with Crippen molar-refractivity contribution in [2.45, 2.75) is 37.9 Å². The third-order valence-corrected chi connectivity index (χ3v) is 4.12. The zero-order valence-corrected chi connectivity index (χ0v) is 11.6. The van der Waals surface area contributed by atoms with E-state index < -0.39 is 31.0 Å². The molecule has 6 N–H and O–H groups in total. The highest BCUT2D eigenvalue weighted by atomic mass is 32.2. The summed E-state index contributed by atoms with van der Waals surface area (Å²) >= 11 is 0. The van der Waals surface area contributed by atoms with Gasteiger partial charge < -0.3 is 11.5 Å². The third kappa shape index (κ3) is 9.44. The average molecular weight is 292 g/mol. The molecule has 2 atom stereocenters. The Hall–Kier alpha value is -0.260. The van der Waals surface area contributed by atoms with Crippen LogP contribution in [0.3, 0.4) is 0 Å². The van der Waals surface area contributed by atoms with E-state index in [0.717, 1.165) is 0 Å². The van der Waals surface area contributed by atoms with Crippen LogP contribution in [0.2, 0.25) is 0 Å². The van der Waals surface area contributed by atoms with Gasteiger partial charge in [-0.1, -0.05) is 20.8 Å². The molecule has 0 radical (unpaired) electrons. The molecule has 2 unspecified atom stereocenters. The largest absolute Gasteiger partial charge is 0.313 e. The van der Waals surface area contributed by atoms with Crippen LogP contribution in [-0.2, 0) is 20.2 Å². The SMILES string of the molecule is CC(C)C(N)S(=O)(=O)O.CCC(N)S(=O)(=O)O. The van der Waals surface area contributed by atoms with Gasteiger partial charge in [0.2, 0.25) is 0 Å². The molecule has 106 valence electrons. The van der Waals surface area contributed by atoms with Gasteiger partial charge in [0.25, 0.3) is 20.2 Å². The van der Waals surface area contributed by atoms with Gasteiger partial charge >= 0.3 is 0 Å². The fourth-order valence-electron chi connectivity index (χ4n) is 0.555. The zero-order valence-electron chi connectivity index (χ0n) is 9.94. The number of hydrogen-bond acceptors (Lipinski definition) is 6. The second-order valence-corrected chi connectivity index (χ2v) is 6.89. The van der Waals surface area contributed by atoms with Gasteiger partial charge in [0.05, 0.1) is 0 Å². The molecule has 0 aliphatic rings. The number of hydrogen-bond donors (Lipinski definition) is 4. The van der Waals surface area contributed by atoms with E-state index in [1.807, 2.05) is 0 Å². The van der Waals surface area contributed by atoms with Gasteiger partial charge in [-0.25, -0.2) is 0 Å². The van der Waals surface area contributed by atoms with Crippen LogP contribution in [0.25, 0.3) is 0 Å². The van der Waals surface area contributed by atoms with E-state index in [2.05, 4.69) is 0 Å². The predicted molar refractivity (Wildman–Crippen MR) is 64.2 cm³/mol. The van der Waals surface area contributed by atoms with E-state index in [-0.39, 0.29) is 12.3 Å². The highest BCUT2D eigenvalue weighted by Gasteiger charge is 2.20. The molecule has 0 aromatic carbocycles. The Labute approximate surface area is 102 Å². The van der Waals surface area contributed by atoms with Crippen molar-refractivity contribution in [2.75, 3.05) is 0 Å². The molecule has 0 aromatic heterocycles. The van der Waals surface area contributed by atoms with Crippen LogP contribution < -0.4 is 11.5 Å². The molecule has 0 amide bonds. The monoisotopic (exact) mass is 292 g/mol. The molecule has 0 aromatic rings. The average Bonchev–Trinajstić information content (AvgIpc) is 2.13. The van der Waals surface area contributed by atoms with Crippen LogP contribution in [-0.4, -0.2) is 36.7 Å². The molecule has 0 heterocycles. The minimum absolute atomic E-state index is 0.235. The van der Waals surface area contributed by atoms with Gasteiger partial charge in [0.1, 0.15) is 10.7 Å². The van der Waals surface area contributed by atoms with Gasteiger partial charge in [0.15, 0.2) is 0 Å². The molecule has 10 heteroatoms. The Morgan fingerprint density at radius 1 is 1.00 bits per heavy atom. The first kappa shape index (κ1) is 19.1. The molecule has 17 heavy (non-hydrogen) atoms. The molecular formula is C7H20N2O6S2. The smallest absolute Gasteiger partial charge is 0.281 e. The highest BCUT2D eigenvalue weighted by molar-refractivity contribution is 7.86. The molecule has 0 saturated carbocycles. The van der Waals surface area contributed by atoms with Crippen molar-refractivity contribution in [1.82, 2.24) is 0 Å². The summed E-state index contributed by atoms with van der Waals surface area (Å²) in [4.78, 5) is 0. The molecule has 0 rings (SSSR count). The van der Waals surface area contributed by atoms with E-state index >= 15 is 0 Å². The van der Waals surface area contributed by atoms with Crippen molar-refractivity contribution in [1.29, 1.82) is 0 Å². The molecule has 8 nitrogen and oxygen atoms in total. The summed E-state index contributed by atoms with van der Waals surface area (Å²) in [6.07, 6.45) is 0.235. The molecule has 0 fully saturated rings. The molecule has 0 aliphatic heterocycles. The van der Waals surface area contributed by atoms with Crippen LogP contribution in [0.15, 0.2) is 0 Å². The Morgan fingerprint density at radius 3 is 1.35 bits per heavy atom. The first-order valence-electron chi connectivity index (χ1n) is 4.77. The summed E-state index contributed by atoms with van der Waals surface area (Å²) in [6.45, 7) is 4.83. The fourth-order valence-corrected chi connectivity index (χ4v) is 1.66. The summed E-state index contributed by atoms with van der Waals surface area (Å²) in [5.74, 6) is -0.250. The van der Waals surface area contributed by atoms with Crippen molar-refractivity contribution in [3.8, 4) is 0 Å². The van der Waals surface area contributed by atoms with E-state index in [9.17, 15) is 16.8 Å². The predicted octanol–water partition coefficient (Wildman–Crippen LogP) is -0.616. The second-order valence-electron chi connectivity index (χ2n) is 3.69. The van der Waals surface area contributed by atoms with Crippen molar-refractivity contribution >= 4 is 20.2 Å². The standard InChI is InChI=1S/C4H11NO3S.C3H9NO3S/c1-3(2)4(5)9(6,7)8;1-2-3(4)8(5,6)7/h3-4H,5H2,1-2H3,(H,6,7,8);3H,2,4H2,1H3,(H,5,6,7). The number of nitrogens with two attached hydrogens (primary N) is 2. The van der Waals surface area contributed by atoms with Crippen molar-refractivity contribution < 1.29 is 25.9 Å². The summed E-state index contributed by atoms with van der Waals surface area (Å²) in [5, 5.41) is -2.28. The molecule has 0 saturated heterocycles. The Kier molecular flexibility index (Phi) is 8.12. The topological polar surface area (TPSA) is 161 Å². The first-order valence-corrected chi connectivity index (χ1v) is 7.78. The Morgan fingerprint density at radius 2 is 1.35 bits per heavy atom. The summed E-state index contributed by atoms with van der Waals surface area (Å²) < 4.78 is 56.8. The van der Waals surface area contributed by atoms with Gasteiger partial charge in [-0.3, -0.25) is 9.11 Å². The molecular weight excluding hydrogens is 272 g/mol. The van der Waals surface area contributed by atoms with Gasteiger partial charge in [0, 0.05) is 0 Å². The van der Waals surface area contributed by atoms with Crippen LogP contribution in [0.1, 0.15) is 27.2 Å². The second kappa shape index (κ2) is 7.24. The maximum absolute atomic E-state index is 10.2. The summed E-state index contributed by atoms with van der Waals surface area (Å²) in [6, 6.07) is 0. The van der Waals surface area contributed by atoms with Gasteiger partial charge in [-0.05, 0) is 12.3 Å². The summed E-state index contributed by atoms with van der Waals surface area (Å²) in [7, 11) is -8.00. The quantitative estimate of drug-likeness (QED) is 0.498. The molecule has 0 aliphatic carbocycles. The van der Waals surface area contributed by atoms with E-state index in [1.54, 1.807) is 20.8 Å². The lowest BCUT2D eigenvalue weighted by Gasteiger charge is -2.10. The van der Waals surface area contributed by atoms with Crippen LogP contribution >= 0.6 is 0 Å². The molecule has 0 spiro atoms. The summed E-state index contributed by atoms with van der Waals surface area (Å²) in [5.41, 5.74) is 9.97. The maximum Gasteiger partial charge on any atom is 0.281 e. The fraction of sp³-hybridized carbons (Fsp3) is 1.00. The maximum atomic E-state index is 10.2. The Balaban J connectivity index is 0. The van der Waals surface area contributed by atoms with Crippen LogP contribution in [0.5, 0.6) is 0 Å². The van der Waals surface area contributed by atoms with E-state index in [0.29, 0.717) is 0 Å². The van der Waals surface area contributed by atoms with Gasteiger partial charge in [-0.2, -0.15) is 16.8 Å². The van der Waals surface area contributed by atoms with Crippen molar-refractivity contribution in [2.24, 2.45) is 17.4 Å². The lowest BCUT2D eigenvalue weighted by atomic mass is 10.2. The van der Waals surface area contributed by atoms with Crippen molar-refractivity contribution in [3.63, 3.8) is 0 Å². The highest BCUT2D eigenvalue weighted by Crippen LogP contribution is 2.03. The van der Waals surface area contributed by atoms with Crippen molar-refractivity contribution in [3.05, 3.63) is 0 Å². The Bertz CT molecular complexity index is 402. The van der Waals surface area contributed by atoms with Gasteiger partial charge in [-0.15, -0.1) is 0 Å². The minimum atomic E-state index is -4.02. The minimum Gasteiger partial charge on any atom is -0.313 e. The third-order valence-electron chi connectivity index (χ3n) is 1.79. The first-order chi connectivity index (χ1) is 7.34. The number of rotatable bonds is 4. The lowest BCUT2D eigenvalue weighted by molar-refractivity contribution is 0.444. The van der Waals surface area contributed by atoms with Crippen LogP contribution in [0.4, 0.5) is 0 Å². The lowest BCUT2D eigenvalue weighted by Crippen LogP contribution is -2.34. The van der Waals surface area contributed by atoms with E-state index in [4.69, 9.17) is 20.6 Å². The zero-order chi connectivity index (χ0) is 14.4. The van der Waals surface area contributed by atoms with E-state index in [1.165, 1.54) is 0 Å². The molecule has 0 bridgehead atoms. The van der Waals surface area contributed by atoms with Crippen LogP contribution in [0, 0.1) is 5.92 Å².